The van der Waals surface area contributed by atoms with Crippen LogP contribution < -0.4 is 11.1 Å². The molecule has 1 aromatic carbocycles. The molecular formula is C16H24Cl3N5O. The van der Waals surface area contributed by atoms with E-state index < -0.39 is 0 Å². The average Bonchev–Trinajstić information content (AvgIpc) is 3.06. The average molecular weight is 409 g/mol. The third kappa shape index (κ3) is 6.01. The number of rotatable bonds is 6. The molecule has 0 bridgehead atoms. The minimum absolute atomic E-state index is 0. The Morgan fingerprint density at radius 1 is 1.12 bits per heavy atom. The fourth-order valence-electron chi connectivity index (χ4n) is 2.96. The van der Waals surface area contributed by atoms with Crippen LogP contribution in [0.5, 0.6) is 0 Å². The Kier molecular flexibility index (Phi) is 9.53. The standard InChI is InChI=1S/C16H22ClN5O.2ClH/c17-13-6-4-12(5-7-13)14(22-8-2-1-3-9-22)11-19-16-21-20-15(10-18)23-16;;/h4-7,14H,1-3,8-11,18H2,(H,19,21);2*1H. The van der Waals surface area contributed by atoms with Crippen molar-refractivity contribution in [2.45, 2.75) is 31.8 Å². The van der Waals surface area contributed by atoms with Gasteiger partial charge < -0.3 is 15.5 Å². The van der Waals surface area contributed by atoms with E-state index in [-0.39, 0.29) is 37.4 Å². The van der Waals surface area contributed by atoms with Gasteiger partial charge in [-0.3, -0.25) is 4.90 Å². The lowest BCUT2D eigenvalue weighted by Crippen LogP contribution is -2.37. The van der Waals surface area contributed by atoms with Crippen LogP contribution in [0.25, 0.3) is 0 Å². The maximum Gasteiger partial charge on any atom is 0.315 e. The summed E-state index contributed by atoms with van der Waals surface area (Å²) in [6.45, 7) is 3.16. The SMILES string of the molecule is Cl.Cl.NCc1nnc(NCC(c2ccc(Cl)cc2)N2CCCCC2)o1. The van der Waals surface area contributed by atoms with Gasteiger partial charge in [-0.15, -0.1) is 29.9 Å². The molecule has 1 unspecified atom stereocenters. The quantitative estimate of drug-likeness (QED) is 0.759. The van der Waals surface area contributed by atoms with E-state index in [1.807, 2.05) is 12.1 Å². The fraction of sp³-hybridized carbons (Fsp3) is 0.500. The van der Waals surface area contributed by atoms with Crippen LogP contribution in [-0.4, -0.2) is 34.7 Å². The molecule has 2 heterocycles. The highest BCUT2D eigenvalue weighted by Gasteiger charge is 2.22. The van der Waals surface area contributed by atoms with Gasteiger partial charge in [-0.2, -0.15) is 0 Å². The summed E-state index contributed by atoms with van der Waals surface area (Å²) < 4.78 is 5.43. The van der Waals surface area contributed by atoms with E-state index in [2.05, 4.69) is 32.5 Å². The Hall–Kier alpha value is -1.05. The molecule has 1 atom stereocenters. The van der Waals surface area contributed by atoms with E-state index in [4.69, 9.17) is 21.8 Å². The number of hydrogen-bond donors (Lipinski definition) is 2. The Bertz CT molecular complexity index is 616. The van der Waals surface area contributed by atoms with Crippen molar-refractivity contribution in [1.82, 2.24) is 15.1 Å². The summed E-state index contributed by atoms with van der Waals surface area (Å²) in [5.41, 5.74) is 6.73. The first-order valence-corrected chi connectivity index (χ1v) is 8.40. The zero-order valence-corrected chi connectivity index (χ0v) is 16.2. The number of nitrogens with two attached hydrogens (primary N) is 1. The van der Waals surface area contributed by atoms with Crippen molar-refractivity contribution in [3.8, 4) is 0 Å². The summed E-state index contributed by atoms with van der Waals surface area (Å²) in [5.74, 6) is 0.438. The Balaban J connectivity index is 0.00000156. The van der Waals surface area contributed by atoms with Gasteiger partial charge in [0.2, 0.25) is 5.89 Å². The van der Waals surface area contributed by atoms with Gasteiger partial charge in [0.1, 0.15) is 0 Å². The second kappa shape index (κ2) is 10.8. The lowest BCUT2D eigenvalue weighted by Gasteiger charge is -2.34. The van der Waals surface area contributed by atoms with Gasteiger partial charge in [-0.1, -0.05) is 35.3 Å². The zero-order chi connectivity index (χ0) is 16.1. The van der Waals surface area contributed by atoms with E-state index in [1.54, 1.807) is 0 Å². The monoisotopic (exact) mass is 407 g/mol. The zero-order valence-electron chi connectivity index (χ0n) is 13.9. The van der Waals surface area contributed by atoms with E-state index in [0.29, 0.717) is 18.5 Å². The number of halogens is 3. The molecule has 1 aliphatic heterocycles. The number of anilines is 1. The van der Waals surface area contributed by atoms with Crippen LogP contribution >= 0.6 is 36.4 Å². The molecule has 0 aliphatic carbocycles. The molecule has 3 N–H and O–H groups in total. The first-order valence-electron chi connectivity index (χ1n) is 8.02. The smallest absolute Gasteiger partial charge is 0.315 e. The van der Waals surface area contributed by atoms with Crippen molar-refractivity contribution < 1.29 is 4.42 Å². The topological polar surface area (TPSA) is 80.2 Å². The molecule has 0 saturated carbocycles. The summed E-state index contributed by atoms with van der Waals surface area (Å²) in [4.78, 5) is 2.50. The summed E-state index contributed by atoms with van der Waals surface area (Å²) in [6, 6.07) is 8.72. The fourth-order valence-corrected chi connectivity index (χ4v) is 3.09. The van der Waals surface area contributed by atoms with Crippen molar-refractivity contribution in [2.75, 3.05) is 25.0 Å². The number of hydrogen-bond acceptors (Lipinski definition) is 6. The lowest BCUT2D eigenvalue weighted by molar-refractivity contribution is 0.170. The molecule has 140 valence electrons. The molecular weight excluding hydrogens is 385 g/mol. The maximum atomic E-state index is 6.02. The van der Waals surface area contributed by atoms with Crippen LogP contribution in [0, 0.1) is 0 Å². The van der Waals surface area contributed by atoms with Crippen molar-refractivity contribution >= 4 is 42.4 Å². The van der Waals surface area contributed by atoms with Crippen LogP contribution in [0.3, 0.4) is 0 Å². The minimum atomic E-state index is 0. The number of nitrogens with one attached hydrogen (secondary N) is 1. The summed E-state index contributed by atoms with van der Waals surface area (Å²) in [7, 11) is 0. The second-order valence-corrected chi connectivity index (χ2v) is 6.19. The third-order valence-corrected chi connectivity index (χ3v) is 4.43. The predicted molar refractivity (Wildman–Crippen MR) is 105 cm³/mol. The van der Waals surface area contributed by atoms with Crippen molar-refractivity contribution in [2.24, 2.45) is 5.73 Å². The summed E-state index contributed by atoms with van der Waals surface area (Å²) >= 11 is 6.02. The Labute approximate surface area is 165 Å². The maximum absolute atomic E-state index is 6.02. The number of benzene rings is 1. The van der Waals surface area contributed by atoms with Crippen LogP contribution in [0.4, 0.5) is 6.01 Å². The molecule has 6 nitrogen and oxygen atoms in total. The van der Waals surface area contributed by atoms with Gasteiger partial charge in [-0.25, -0.2) is 0 Å². The predicted octanol–water partition coefficient (Wildman–Crippen LogP) is 3.66. The highest BCUT2D eigenvalue weighted by molar-refractivity contribution is 6.30. The molecule has 1 fully saturated rings. The van der Waals surface area contributed by atoms with Crippen molar-refractivity contribution in [3.05, 3.63) is 40.7 Å². The molecule has 3 rings (SSSR count). The first kappa shape index (κ1) is 22.0. The van der Waals surface area contributed by atoms with Gasteiger partial charge in [0.25, 0.3) is 0 Å². The molecule has 0 radical (unpaired) electrons. The van der Waals surface area contributed by atoms with E-state index in [0.717, 1.165) is 18.1 Å². The second-order valence-electron chi connectivity index (χ2n) is 5.75. The summed E-state index contributed by atoms with van der Waals surface area (Å²) in [5, 5.41) is 11.8. The van der Waals surface area contributed by atoms with Gasteiger partial charge in [0, 0.05) is 11.6 Å². The van der Waals surface area contributed by atoms with Crippen molar-refractivity contribution in [3.63, 3.8) is 0 Å². The molecule has 0 spiro atoms. The van der Waals surface area contributed by atoms with E-state index >= 15 is 0 Å². The number of likely N-dealkylation sites (tertiary alicyclic amines) is 1. The molecule has 2 aromatic rings. The molecule has 25 heavy (non-hydrogen) atoms. The van der Waals surface area contributed by atoms with E-state index in [9.17, 15) is 0 Å². The van der Waals surface area contributed by atoms with E-state index in [1.165, 1.54) is 24.8 Å². The number of aromatic nitrogens is 2. The number of nitrogens with zero attached hydrogens (tertiary/aromatic N) is 3. The highest BCUT2D eigenvalue weighted by atomic mass is 35.5. The lowest BCUT2D eigenvalue weighted by atomic mass is 10.0. The van der Waals surface area contributed by atoms with Crippen LogP contribution in [0.1, 0.15) is 36.8 Å². The molecule has 1 aliphatic rings. The Morgan fingerprint density at radius 2 is 1.80 bits per heavy atom. The van der Waals surface area contributed by atoms with Crippen LogP contribution in [0.15, 0.2) is 28.7 Å². The highest BCUT2D eigenvalue weighted by Crippen LogP contribution is 2.26. The summed E-state index contributed by atoms with van der Waals surface area (Å²) in [6.07, 6.45) is 3.78. The van der Waals surface area contributed by atoms with Gasteiger partial charge in [0.15, 0.2) is 0 Å². The van der Waals surface area contributed by atoms with Gasteiger partial charge in [-0.05, 0) is 43.6 Å². The number of piperidine rings is 1. The van der Waals surface area contributed by atoms with Crippen molar-refractivity contribution in [1.29, 1.82) is 0 Å². The third-order valence-electron chi connectivity index (χ3n) is 4.17. The minimum Gasteiger partial charge on any atom is -0.407 e. The molecule has 9 heteroatoms. The molecule has 0 amide bonds. The van der Waals surface area contributed by atoms with Crippen LogP contribution in [-0.2, 0) is 6.54 Å². The Morgan fingerprint density at radius 3 is 2.40 bits per heavy atom. The molecule has 1 aromatic heterocycles. The first-order chi connectivity index (χ1) is 11.3. The van der Waals surface area contributed by atoms with Gasteiger partial charge in [0.05, 0.1) is 12.6 Å². The van der Waals surface area contributed by atoms with Crippen LogP contribution in [0.2, 0.25) is 5.02 Å². The molecule has 1 saturated heterocycles. The normalized spacial score (nSPS) is 15.8. The largest absolute Gasteiger partial charge is 0.407 e. The van der Waals surface area contributed by atoms with Gasteiger partial charge >= 0.3 is 6.01 Å².